The lowest BCUT2D eigenvalue weighted by Crippen LogP contribution is -2.29. The van der Waals surface area contributed by atoms with Gasteiger partial charge in [-0.15, -0.1) is 0 Å². The van der Waals surface area contributed by atoms with Gasteiger partial charge in [-0.05, 0) is 12.0 Å². The van der Waals surface area contributed by atoms with E-state index in [1.165, 1.54) is 0 Å². The highest BCUT2D eigenvalue weighted by Gasteiger charge is 2.10. The lowest BCUT2D eigenvalue weighted by molar-refractivity contribution is -0.119. The Hall–Kier alpha value is -2.47. The van der Waals surface area contributed by atoms with Crippen molar-refractivity contribution in [3.05, 3.63) is 71.3 Å². The predicted molar refractivity (Wildman–Crippen MR) is 87.6 cm³/mol. The van der Waals surface area contributed by atoms with Crippen LogP contribution in [0.15, 0.2) is 54.6 Å². The minimum atomic E-state index is -3.52. The fourth-order valence-electron chi connectivity index (χ4n) is 2.09. The fourth-order valence-corrected chi connectivity index (χ4v) is 2.61. The maximum Gasteiger partial charge on any atom is 0.233 e. The van der Waals surface area contributed by atoms with Crippen molar-refractivity contribution in [1.29, 1.82) is 0 Å². The van der Waals surface area contributed by atoms with E-state index in [1.807, 2.05) is 22.9 Å². The Labute approximate surface area is 135 Å². The number of rotatable bonds is 6. The lowest BCUT2D eigenvalue weighted by atomic mass is 10.0. The van der Waals surface area contributed by atoms with E-state index in [0.717, 1.165) is 11.8 Å². The summed E-state index contributed by atoms with van der Waals surface area (Å²) < 4.78 is 23.8. The Bertz CT molecular complexity index is 796. The lowest BCUT2D eigenvalue weighted by Gasteiger charge is -2.05. The smallest absolute Gasteiger partial charge is 0.233 e. The van der Waals surface area contributed by atoms with Gasteiger partial charge >= 0.3 is 0 Å². The van der Waals surface area contributed by atoms with E-state index < -0.39 is 15.9 Å². The largest absolute Gasteiger partial charge is 0.289 e. The van der Waals surface area contributed by atoms with Crippen LogP contribution < -0.4 is 4.72 Å². The van der Waals surface area contributed by atoms with Gasteiger partial charge in [-0.1, -0.05) is 54.6 Å². The van der Waals surface area contributed by atoms with Crippen molar-refractivity contribution in [3.8, 4) is 0 Å². The minimum absolute atomic E-state index is 0.0630. The van der Waals surface area contributed by atoms with Gasteiger partial charge in [0.05, 0.1) is 6.26 Å². The molecule has 0 heterocycles. The molecule has 23 heavy (non-hydrogen) atoms. The Morgan fingerprint density at radius 2 is 1.48 bits per heavy atom. The van der Waals surface area contributed by atoms with E-state index in [4.69, 9.17) is 0 Å². The van der Waals surface area contributed by atoms with Crippen LogP contribution in [0.4, 0.5) is 0 Å². The molecule has 0 aliphatic heterocycles. The van der Waals surface area contributed by atoms with Crippen LogP contribution in [0.1, 0.15) is 27.9 Å². The van der Waals surface area contributed by atoms with Crippen molar-refractivity contribution in [1.82, 2.24) is 4.72 Å². The van der Waals surface area contributed by atoms with Crippen LogP contribution in [0.5, 0.6) is 0 Å². The molecule has 0 saturated carbocycles. The molecule has 0 unspecified atom stereocenters. The molecule has 2 aromatic rings. The minimum Gasteiger partial charge on any atom is -0.289 e. The molecule has 1 N–H and O–H groups in total. The first-order valence-electron chi connectivity index (χ1n) is 7.04. The van der Waals surface area contributed by atoms with Crippen LogP contribution in [-0.2, 0) is 21.2 Å². The Kier molecular flexibility index (Phi) is 5.28. The second-order valence-corrected chi connectivity index (χ2v) is 6.94. The van der Waals surface area contributed by atoms with Gasteiger partial charge < -0.3 is 0 Å². The summed E-state index contributed by atoms with van der Waals surface area (Å²) in [6.45, 7) is 0. The van der Waals surface area contributed by atoms with Gasteiger partial charge in [0.2, 0.25) is 15.9 Å². The number of nitrogens with one attached hydrogen (secondary N) is 1. The highest BCUT2D eigenvalue weighted by Crippen LogP contribution is 2.12. The first-order chi connectivity index (χ1) is 10.8. The van der Waals surface area contributed by atoms with Gasteiger partial charge in [-0.2, -0.15) is 0 Å². The molecule has 5 nitrogen and oxygen atoms in total. The Balaban J connectivity index is 1.97. The molecule has 0 fully saturated rings. The van der Waals surface area contributed by atoms with Crippen LogP contribution in [0, 0.1) is 0 Å². The summed E-state index contributed by atoms with van der Waals surface area (Å²) in [4.78, 5) is 23.7. The molecule has 0 bridgehead atoms. The molecule has 1 amide bonds. The van der Waals surface area contributed by atoms with Gasteiger partial charge in [-0.3, -0.25) is 14.3 Å². The highest BCUT2D eigenvalue weighted by molar-refractivity contribution is 7.89. The molecule has 2 rings (SSSR count). The summed E-state index contributed by atoms with van der Waals surface area (Å²) >= 11 is 0. The van der Waals surface area contributed by atoms with Crippen molar-refractivity contribution >= 4 is 21.7 Å². The molecule has 2 aromatic carbocycles. The Morgan fingerprint density at radius 1 is 0.913 bits per heavy atom. The van der Waals surface area contributed by atoms with Crippen molar-refractivity contribution in [3.63, 3.8) is 0 Å². The van der Waals surface area contributed by atoms with E-state index in [9.17, 15) is 18.0 Å². The number of sulfonamides is 1. The van der Waals surface area contributed by atoms with Crippen LogP contribution in [-0.4, -0.2) is 26.4 Å². The van der Waals surface area contributed by atoms with E-state index in [0.29, 0.717) is 17.5 Å². The monoisotopic (exact) mass is 331 g/mol. The second-order valence-electron chi connectivity index (χ2n) is 5.19. The molecule has 120 valence electrons. The zero-order chi connectivity index (χ0) is 16.9. The maximum absolute atomic E-state index is 12.2. The molecule has 6 heteroatoms. The van der Waals surface area contributed by atoms with E-state index in [2.05, 4.69) is 0 Å². The number of ketones is 1. The molecule has 0 saturated heterocycles. The SMILES string of the molecule is CS(=O)(=O)NC(=O)CCc1ccc(C(=O)c2ccccc2)cc1. The van der Waals surface area contributed by atoms with Gasteiger partial charge in [-0.25, -0.2) is 8.42 Å². The molecule has 0 radical (unpaired) electrons. The second kappa shape index (κ2) is 7.19. The van der Waals surface area contributed by atoms with Crippen molar-refractivity contribution in [2.24, 2.45) is 0 Å². The van der Waals surface area contributed by atoms with Crippen molar-refractivity contribution in [2.75, 3.05) is 6.26 Å². The average molecular weight is 331 g/mol. The van der Waals surface area contributed by atoms with Gasteiger partial charge in [0.15, 0.2) is 5.78 Å². The summed E-state index contributed by atoms with van der Waals surface area (Å²) in [5.74, 6) is -0.607. The molecule has 0 atom stereocenters. The predicted octanol–water partition coefficient (Wildman–Crippen LogP) is 1.93. The quantitative estimate of drug-likeness (QED) is 0.820. The summed E-state index contributed by atoms with van der Waals surface area (Å²) in [7, 11) is -3.52. The number of hydrogen-bond donors (Lipinski definition) is 1. The van der Waals surface area contributed by atoms with Gasteiger partial charge in [0, 0.05) is 17.5 Å². The van der Waals surface area contributed by atoms with Crippen molar-refractivity contribution in [2.45, 2.75) is 12.8 Å². The topological polar surface area (TPSA) is 80.3 Å². The van der Waals surface area contributed by atoms with E-state index in [-0.39, 0.29) is 12.2 Å². The maximum atomic E-state index is 12.2. The number of amides is 1. The number of benzene rings is 2. The van der Waals surface area contributed by atoms with Crippen molar-refractivity contribution < 1.29 is 18.0 Å². The van der Waals surface area contributed by atoms with Crippen LogP contribution in [0.2, 0.25) is 0 Å². The summed E-state index contributed by atoms with van der Waals surface area (Å²) in [6, 6.07) is 15.9. The zero-order valence-electron chi connectivity index (χ0n) is 12.7. The number of carbonyl (C=O) groups is 2. The van der Waals surface area contributed by atoms with Gasteiger partial charge in [0.1, 0.15) is 0 Å². The zero-order valence-corrected chi connectivity index (χ0v) is 13.5. The molecule has 0 aliphatic carbocycles. The van der Waals surface area contributed by atoms with Crippen LogP contribution in [0.25, 0.3) is 0 Å². The molecular weight excluding hydrogens is 314 g/mol. The molecular formula is C17H17NO4S. The van der Waals surface area contributed by atoms with Gasteiger partial charge in [0.25, 0.3) is 0 Å². The number of carbonyl (C=O) groups excluding carboxylic acids is 2. The summed E-state index contributed by atoms with van der Waals surface area (Å²) in [5, 5.41) is 0. The van der Waals surface area contributed by atoms with E-state index in [1.54, 1.807) is 36.4 Å². The molecule has 0 spiro atoms. The molecule has 0 aromatic heterocycles. The first kappa shape index (κ1) is 16.9. The Morgan fingerprint density at radius 3 is 2.04 bits per heavy atom. The fraction of sp³-hybridized carbons (Fsp3) is 0.176. The third-order valence-electron chi connectivity index (χ3n) is 3.19. The molecule has 0 aliphatic rings. The number of hydrogen-bond acceptors (Lipinski definition) is 4. The summed E-state index contributed by atoms with van der Waals surface area (Å²) in [5.41, 5.74) is 2.05. The third kappa shape index (κ3) is 5.34. The van der Waals surface area contributed by atoms with Crippen LogP contribution in [0.3, 0.4) is 0 Å². The normalized spacial score (nSPS) is 11.0. The first-order valence-corrected chi connectivity index (χ1v) is 8.93. The third-order valence-corrected chi connectivity index (χ3v) is 3.79. The van der Waals surface area contributed by atoms with E-state index >= 15 is 0 Å². The summed E-state index contributed by atoms with van der Waals surface area (Å²) in [6.07, 6.45) is 1.41. The standard InChI is InChI=1S/C17H17NO4S/c1-23(21,22)18-16(19)12-9-13-7-10-15(11-8-13)17(20)14-5-3-2-4-6-14/h2-8,10-11H,9,12H2,1H3,(H,18,19). The number of aryl methyl sites for hydroxylation is 1. The van der Waals surface area contributed by atoms with Crippen LogP contribution >= 0.6 is 0 Å². The highest BCUT2D eigenvalue weighted by atomic mass is 32.2. The average Bonchev–Trinajstić information content (AvgIpc) is 2.52.